The average molecular weight is 508 g/mol. The zero-order valence-electron chi connectivity index (χ0n) is 20.4. The zero-order chi connectivity index (χ0) is 24.6. The van der Waals surface area contributed by atoms with Crippen molar-refractivity contribution in [3.8, 4) is 11.3 Å². The van der Waals surface area contributed by atoms with Crippen LogP contribution >= 0.6 is 23.1 Å². The van der Waals surface area contributed by atoms with Crippen LogP contribution in [0.1, 0.15) is 66.4 Å². The van der Waals surface area contributed by atoms with Crippen LogP contribution in [-0.4, -0.2) is 28.6 Å². The number of carbonyl (C=O) groups is 2. The van der Waals surface area contributed by atoms with Crippen molar-refractivity contribution in [1.82, 2.24) is 10.3 Å². The lowest BCUT2D eigenvalue weighted by Crippen LogP contribution is -2.36. The summed E-state index contributed by atoms with van der Waals surface area (Å²) in [6.45, 7) is 4.12. The molecule has 1 fully saturated rings. The third kappa shape index (κ3) is 7.18. The molecule has 0 atom stereocenters. The Morgan fingerprint density at radius 1 is 1.03 bits per heavy atom. The Balaban J connectivity index is 1.37. The average Bonchev–Trinajstić information content (AvgIpc) is 3.29. The maximum Gasteiger partial charge on any atom is 0.258 e. The number of nitrogens with one attached hydrogen (secondary N) is 2. The monoisotopic (exact) mass is 507 g/mol. The molecule has 1 heterocycles. The summed E-state index contributed by atoms with van der Waals surface area (Å²) in [6.07, 6.45) is 8.32. The normalized spacial score (nSPS) is 14.7. The Labute approximate surface area is 216 Å². The molecule has 0 spiro atoms. The van der Waals surface area contributed by atoms with E-state index in [1.54, 1.807) is 6.07 Å². The van der Waals surface area contributed by atoms with E-state index in [1.807, 2.05) is 23.6 Å². The Morgan fingerprint density at radius 3 is 2.57 bits per heavy atom. The maximum atomic E-state index is 13.1. The van der Waals surface area contributed by atoms with Gasteiger partial charge in [0, 0.05) is 21.9 Å². The zero-order valence-corrected chi connectivity index (χ0v) is 22.1. The molecule has 184 valence electrons. The molecule has 0 bridgehead atoms. The number of anilines is 1. The van der Waals surface area contributed by atoms with Gasteiger partial charge in [-0.1, -0.05) is 61.9 Å². The molecule has 0 aliphatic heterocycles. The number of carbonyl (C=O) groups excluding carboxylic acids is 2. The van der Waals surface area contributed by atoms with Crippen LogP contribution < -0.4 is 10.6 Å². The number of thioether (sulfide) groups is 1. The highest BCUT2D eigenvalue weighted by Crippen LogP contribution is 2.29. The molecule has 2 N–H and O–H groups in total. The summed E-state index contributed by atoms with van der Waals surface area (Å²) in [5.74, 6) is 0.124. The van der Waals surface area contributed by atoms with Gasteiger partial charge in [0.05, 0.1) is 17.0 Å². The molecule has 1 aliphatic rings. The SMILES string of the molecule is Cc1ccc(C)c(-c2csc(NC(=O)c3ccccc3SCC(=O)NC3CCCCCCC3)n2)c1. The van der Waals surface area contributed by atoms with Crippen LogP contribution in [0.2, 0.25) is 0 Å². The summed E-state index contributed by atoms with van der Waals surface area (Å²) in [6, 6.07) is 14.0. The Hall–Kier alpha value is -2.64. The van der Waals surface area contributed by atoms with E-state index in [0.717, 1.165) is 34.6 Å². The van der Waals surface area contributed by atoms with Gasteiger partial charge >= 0.3 is 0 Å². The first-order valence-corrected chi connectivity index (χ1v) is 14.2. The van der Waals surface area contributed by atoms with Crippen molar-refractivity contribution in [3.63, 3.8) is 0 Å². The minimum Gasteiger partial charge on any atom is -0.353 e. The van der Waals surface area contributed by atoms with Gasteiger partial charge in [-0.25, -0.2) is 4.98 Å². The molecule has 0 saturated heterocycles. The van der Waals surface area contributed by atoms with Crippen LogP contribution in [0.5, 0.6) is 0 Å². The lowest BCUT2D eigenvalue weighted by molar-refractivity contribution is -0.119. The number of rotatable bonds is 7. The topological polar surface area (TPSA) is 71.1 Å². The molecular weight excluding hydrogens is 474 g/mol. The van der Waals surface area contributed by atoms with Gasteiger partial charge in [-0.05, 0) is 50.5 Å². The van der Waals surface area contributed by atoms with Crippen molar-refractivity contribution in [2.24, 2.45) is 0 Å². The molecule has 1 aliphatic carbocycles. The standard InChI is InChI=1S/C28H33N3O2S2/c1-19-14-15-20(2)23(16-19)24-17-35-28(30-24)31-27(33)22-12-8-9-13-25(22)34-18-26(32)29-21-10-6-4-3-5-7-11-21/h8-9,12-17,21H,3-7,10-11,18H2,1-2H3,(H,29,32)(H,30,31,33). The Morgan fingerprint density at radius 2 is 1.77 bits per heavy atom. The van der Waals surface area contributed by atoms with E-state index in [2.05, 4.69) is 47.7 Å². The third-order valence-corrected chi connectivity index (χ3v) is 8.19. The van der Waals surface area contributed by atoms with Crippen LogP contribution in [0, 0.1) is 13.8 Å². The predicted molar refractivity (Wildman–Crippen MR) is 146 cm³/mol. The van der Waals surface area contributed by atoms with Crippen LogP contribution in [0.3, 0.4) is 0 Å². The molecule has 4 rings (SSSR count). The molecule has 2 amide bonds. The summed E-state index contributed by atoms with van der Waals surface area (Å²) < 4.78 is 0. The second kappa shape index (κ2) is 12.4. The van der Waals surface area contributed by atoms with E-state index < -0.39 is 0 Å². The summed E-state index contributed by atoms with van der Waals surface area (Å²) in [4.78, 5) is 31.1. The third-order valence-electron chi connectivity index (χ3n) is 6.35. The van der Waals surface area contributed by atoms with Crippen molar-refractivity contribution in [2.45, 2.75) is 69.7 Å². The largest absolute Gasteiger partial charge is 0.353 e. The number of benzene rings is 2. The molecule has 1 aromatic heterocycles. The number of aryl methyl sites for hydroxylation is 2. The second-order valence-corrected chi connectivity index (χ2v) is 11.1. The van der Waals surface area contributed by atoms with Crippen molar-refractivity contribution in [3.05, 3.63) is 64.5 Å². The maximum absolute atomic E-state index is 13.1. The molecule has 0 unspecified atom stereocenters. The number of amides is 2. The fourth-order valence-electron chi connectivity index (χ4n) is 4.42. The highest BCUT2D eigenvalue weighted by molar-refractivity contribution is 8.00. The van der Waals surface area contributed by atoms with E-state index >= 15 is 0 Å². The van der Waals surface area contributed by atoms with Gasteiger partial charge in [-0.15, -0.1) is 23.1 Å². The molecule has 35 heavy (non-hydrogen) atoms. The lowest BCUT2D eigenvalue weighted by atomic mass is 9.97. The number of hydrogen-bond acceptors (Lipinski definition) is 5. The van der Waals surface area contributed by atoms with Gasteiger partial charge in [0.1, 0.15) is 0 Å². The minimum absolute atomic E-state index is 0.0360. The van der Waals surface area contributed by atoms with E-state index in [0.29, 0.717) is 16.4 Å². The molecule has 5 nitrogen and oxygen atoms in total. The lowest BCUT2D eigenvalue weighted by Gasteiger charge is -2.21. The number of nitrogens with zero attached hydrogens (tertiary/aromatic N) is 1. The first-order valence-electron chi connectivity index (χ1n) is 12.4. The van der Waals surface area contributed by atoms with Crippen molar-refractivity contribution in [1.29, 1.82) is 0 Å². The van der Waals surface area contributed by atoms with Crippen LogP contribution in [0.4, 0.5) is 5.13 Å². The molecular formula is C28H33N3O2S2. The van der Waals surface area contributed by atoms with Crippen LogP contribution in [0.25, 0.3) is 11.3 Å². The molecule has 7 heteroatoms. The van der Waals surface area contributed by atoms with Gasteiger partial charge in [0.2, 0.25) is 5.91 Å². The van der Waals surface area contributed by atoms with E-state index in [9.17, 15) is 9.59 Å². The fraction of sp³-hybridized carbons (Fsp3) is 0.393. The summed E-state index contributed by atoms with van der Waals surface area (Å²) in [5.41, 5.74) is 4.82. The van der Waals surface area contributed by atoms with Crippen molar-refractivity contribution in [2.75, 3.05) is 11.1 Å². The highest BCUT2D eigenvalue weighted by Gasteiger charge is 2.17. The molecule has 0 radical (unpaired) electrons. The molecule has 2 aromatic carbocycles. The van der Waals surface area contributed by atoms with E-state index in [4.69, 9.17) is 0 Å². The highest BCUT2D eigenvalue weighted by atomic mass is 32.2. The minimum atomic E-state index is -0.213. The predicted octanol–water partition coefficient (Wildman–Crippen LogP) is 7.00. The van der Waals surface area contributed by atoms with Gasteiger partial charge in [-0.2, -0.15) is 0 Å². The number of hydrogen-bond donors (Lipinski definition) is 2. The summed E-state index contributed by atoms with van der Waals surface area (Å²) in [5, 5.41) is 8.68. The van der Waals surface area contributed by atoms with Gasteiger partial charge in [0.15, 0.2) is 5.13 Å². The van der Waals surface area contributed by atoms with E-state index in [1.165, 1.54) is 60.8 Å². The van der Waals surface area contributed by atoms with Crippen molar-refractivity contribution >= 4 is 40.0 Å². The Bertz CT molecular complexity index is 1170. The van der Waals surface area contributed by atoms with E-state index in [-0.39, 0.29) is 17.9 Å². The van der Waals surface area contributed by atoms with Crippen LogP contribution in [0.15, 0.2) is 52.7 Å². The van der Waals surface area contributed by atoms with Crippen molar-refractivity contribution < 1.29 is 9.59 Å². The Kier molecular flexibility index (Phi) is 8.99. The fourth-order valence-corrected chi connectivity index (χ4v) is 5.99. The number of thiazole rings is 1. The van der Waals surface area contributed by atoms with Crippen LogP contribution in [-0.2, 0) is 4.79 Å². The summed E-state index contributed by atoms with van der Waals surface area (Å²) in [7, 11) is 0. The van der Waals surface area contributed by atoms with Gasteiger partial charge < -0.3 is 5.32 Å². The summed E-state index contributed by atoms with van der Waals surface area (Å²) >= 11 is 2.82. The second-order valence-electron chi connectivity index (χ2n) is 9.20. The quantitative estimate of drug-likeness (QED) is 0.338. The first-order chi connectivity index (χ1) is 17.0. The first kappa shape index (κ1) is 25.5. The smallest absolute Gasteiger partial charge is 0.258 e. The van der Waals surface area contributed by atoms with Gasteiger partial charge in [0.25, 0.3) is 5.91 Å². The number of aromatic nitrogens is 1. The molecule has 1 saturated carbocycles. The molecule has 3 aromatic rings. The van der Waals surface area contributed by atoms with Gasteiger partial charge in [-0.3, -0.25) is 14.9 Å².